The molecule has 0 saturated carbocycles. The molecule has 1 aliphatic heterocycles. The summed E-state index contributed by atoms with van der Waals surface area (Å²) < 4.78 is 12.5. The number of hydrogen-bond acceptors (Lipinski definition) is 5. The molecule has 2 aromatic carbocycles. The number of nitrogens with zero attached hydrogens (tertiary/aromatic N) is 1. The van der Waals surface area contributed by atoms with E-state index in [1.165, 1.54) is 0 Å². The van der Waals surface area contributed by atoms with Gasteiger partial charge in [-0.25, -0.2) is 0 Å². The highest BCUT2D eigenvalue weighted by Gasteiger charge is 2.34. The number of carbonyl (C=O) groups is 2. The minimum Gasteiger partial charge on any atom is -0.490 e. The first-order valence-electron chi connectivity index (χ1n) is 9.26. The summed E-state index contributed by atoms with van der Waals surface area (Å²) in [6, 6.07) is 11.7. The Morgan fingerprint density at radius 2 is 2.03 bits per heavy atom. The lowest BCUT2D eigenvalue weighted by Gasteiger charge is -2.15. The van der Waals surface area contributed by atoms with E-state index in [0.717, 1.165) is 27.8 Å². The van der Waals surface area contributed by atoms with Crippen LogP contribution in [-0.4, -0.2) is 29.2 Å². The van der Waals surface area contributed by atoms with Gasteiger partial charge in [0.15, 0.2) is 11.5 Å². The largest absolute Gasteiger partial charge is 0.490 e. The smallest absolute Gasteiger partial charge is 0.294 e. The lowest BCUT2D eigenvalue weighted by molar-refractivity contribution is -0.122. The standard InChI is InChI=1S/C23H20BrNO4S/c1-4-9-25-22(26)20(30-23(25)27)13-17-11-18(24)21(19(12-17)28-5-2)29-14-16-8-6-7-15(3)10-16/h1,6-8,10-13H,5,9,14H2,2-3H3/b20-13+. The number of thioether (sulfide) groups is 1. The SMILES string of the molecule is C#CCN1C(=O)S/C(=C/c2cc(Br)c(OCc3cccc(C)c3)c(OCC)c2)C1=O. The minimum atomic E-state index is -0.392. The normalized spacial score (nSPS) is 14.9. The highest BCUT2D eigenvalue weighted by atomic mass is 79.9. The molecule has 3 rings (SSSR count). The number of ether oxygens (including phenoxy) is 2. The Kier molecular flexibility index (Phi) is 7.24. The number of terminal acetylenes is 1. The maximum atomic E-state index is 12.4. The third kappa shape index (κ3) is 5.07. The average Bonchev–Trinajstić information content (AvgIpc) is 2.95. The monoisotopic (exact) mass is 485 g/mol. The first-order chi connectivity index (χ1) is 14.4. The number of amides is 2. The Balaban J connectivity index is 1.87. The van der Waals surface area contributed by atoms with E-state index in [0.29, 0.717) is 39.7 Å². The summed E-state index contributed by atoms with van der Waals surface area (Å²) in [6.07, 6.45) is 6.89. The molecule has 1 aliphatic rings. The van der Waals surface area contributed by atoms with Gasteiger partial charge in [-0.1, -0.05) is 35.7 Å². The molecule has 1 heterocycles. The van der Waals surface area contributed by atoms with Gasteiger partial charge in [-0.2, -0.15) is 0 Å². The van der Waals surface area contributed by atoms with Gasteiger partial charge in [0, 0.05) is 0 Å². The van der Waals surface area contributed by atoms with Gasteiger partial charge in [-0.3, -0.25) is 14.5 Å². The fourth-order valence-corrected chi connectivity index (χ4v) is 4.32. The molecule has 0 aliphatic carbocycles. The van der Waals surface area contributed by atoms with E-state index in [9.17, 15) is 9.59 Å². The molecule has 0 spiro atoms. The zero-order chi connectivity index (χ0) is 21.7. The number of carbonyl (C=O) groups excluding carboxylic acids is 2. The van der Waals surface area contributed by atoms with Gasteiger partial charge in [0.1, 0.15) is 6.61 Å². The number of rotatable bonds is 7. The van der Waals surface area contributed by atoms with Crippen LogP contribution in [0.25, 0.3) is 6.08 Å². The van der Waals surface area contributed by atoms with Crippen molar-refractivity contribution < 1.29 is 19.1 Å². The first-order valence-corrected chi connectivity index (χ1v) is 10.9. The van der Waals surface area contributed by atoms with E-state index >= 15 is 0 Å². The Labute approximate surface area is 188 Å². The van der Waals surface area contributed by atoms with Crippen LogP contribution in [0.4, 0.5) is 4.79 Å². The Hall–Kier alpha value is -2.69. The lowest BCUT2D eigenvalue weighted by atomic mass is 10.1. The zero-order valence-electron chi connectivity index (χ0n) is 16.6. The van der Waals surface area contributed by atoms with Crippen LogP contribution in [-0.2, 0) is 11.4 Å². The van der Waals surface area contributed by atoms with Gasteiger partial charge < -0.3 is 9.47 Å². The molecule has 0 radical (unpaired) electrons. The van der Waals surface area contributed by atoms with Gasteiger partial charge in [0.2, 0.25) is 0 Å². The third-order valence-corrected chi connectivity index (χ3v) is 5.71. The average molecular weight is 486 g/mol. The van der Waals surface area contributed by atoms with E-state index in [1.807, 2.05) is 38.1 Å². The van der Waals surface area contributed by atoms with E-state index in [-0.39, 0.29) is 11.8 Å². The fourth-order valence-electron chi connectivity index (χ4n) is 2.91. The van der Waals surface area contributed by atoms with Crippen molar-refractivity contribution in [3.05, 3.63) is 62.5 Å². The number of hydrogen-bond donors (Lipinski definition) is 0. The van der Waals surface area contributed by atoms with Crippen molar-refractivity contribution in [3.63, 3.8) is 0 Å². The number of aryl methyl sites for hydroxylation is 1. The highest BCUT2D eigenvalue weighted by molar-refractivity contribution is 9.10. The Bertz CT molecular complexity index is 1060. The van der Waals surface area contributed by atoms with Gasteiger partial charge in [-0.05, 0) is 70.9 Å². The zero-order valence-corrected chi connectivity index (χ0v) is 19.0. The summed E-state index contributed by atoms with van der Waals surface area (Å²) in [5, 5.41) is -0.369. The van der Waals surface area contributed by atoms with Crippen LogP contribution in [0, 0.1) is 19.3 Å². The molecule has 0 unspecified atom stereocenters. The quantitative estimate of drug-likeness (QED) is 0.387. The minimum absolute atomic E-state index is 0.0400. The van der Waals surface area contributed by atoms with Crippen molar-refractivity contribution in [2.75, 3.05) is 13.2 Å². The van der Waals surface area contributed by atoms with Crippen LogP contribution in [0.3, 0.4) is 0 Å². The van der Waals surface area contributed by atoms with Crippen molar-refractivity contribution in [2.45, 2.75) is 20.5 Å². The molecule has 0 N–H and O–H groups in total. The first kappa shape index (κ1) is 22.0. The second kappa shape index (κ2) is 9.88. The summed E-state index contributed by atoms with van der Waals surface area (Å²) in [4.78, 5) is 25.8. The molecular weight excluding hydrogens is 466 g/mol. The third-order valence-electron chi connectivity index (χ3n) is 4.22. The van der Waals surface area contributed by atoms with Crippen molar-refractivity contribution in [1.82, 2.24) is 4.90 Å². The number of benzene rings is 2. The number of imide groups is 1. The van der Waals surface area contributed by atoms with E-state index < -0.39 is 5.91 Å². The van der Waals surface area contributed by atoms with Crippen molar-refractivity contribution in [3.8, 4) is 23.8 Å². The van der Waals surface area contributed by atoms with Gasteiger partial charge in [-0.15, -0.1) is 6.42 Å². The topological polar surface area (TPSA) is 55.8 Å². The molecular formula is C23H20BrNO4S. The summed E-state index contributed by atoms with van der Waals surface area (Å²) in [6.45, 7) is 4.73. The molecule has 0 atom stereocenters. The molecule has 0 bridgehead atoms. The highest BCUT2D eigenvalue weighted by Crippen LogP contribution is 2.39. The second-order valence-corrected chi connectivity index (χ2v) is 8.36. The molecule has 2 aromatic rings. The molecule has 5 nitrogen and oxygen atoms in total. The van der Waals surface area contributed by atoms with Crippen LogP contribution in [0.5, 0.6) is 11.5 Å². The predicted octanol–water partition coefficient (Wildman–Crippen LogP) is 5.40. The summed E-state index contributed by atoms with van der Waals surface area (Å²) in [5.41, 5.74) is 2.92. The number of halogens is 1. The second-order valence-electron chi connectivity index (χ2n) is 6.51. The van der Waals surface area contributed by atoms with Crippen LogP contribution in [0.2, 0.25) is 0 Å². The van der Waals surface area contributed by atoms with Crippen LogP contribution >= 0.6 is 27.7 Å². The van der Waals surface area contributed by atoms with E-state index in [4.69, 9.17) is 15.9 Å². The maximum absolute atomic E-state index is 12.4. The van der Waals surface area contributed by atoms with Crippen LogP contribution in [0.1, 0.15) is 23.6 Å². The Morgan fingerprint density at radius 3 is 2.73 bits per heavy atom. The molecule has 7 heteroatoms. The summed E-state index contributed by atoms with van der Waals surface area (Å²) in [5.74, 6) is 3.07. The summed E-state index contributed by atoms with van der Waals surface area (Å²) >= 11 is 4.41. The molecule has 30 heavy (non-hydrogen) atoms. The van der Waals surface area contributed by atoms with Crippen molar-refractivity contribution >= 4 is 44.9 Å². The van der Waals surface area contributed by atoms with Gasteiger partial charge in [0.05, 0.1) is 22.5 Å². The van der Waals surface area contributed by atoms with Crippen LogP contribution < -0.4 is 9.47 Å². The van der Waals surface area contributed by atoms with E-state index in [2.05, 4.69) is 27.9 Å². The fraction of sp³-hybridized carbons (Fsp3) is 0.217. The molecule has 154 valence electrons. The Morgan fingerprint density at radius 1 is 1.23 bits per heavy atom. The molecule has 2 amide bonds. The van der Waals surface area contributed by atoms with Crippen molar-refractivity contribution in [2.24, 2.45) is 0 Å². The van der Waals surface area contributed by atoms with Crippen molar-refractivity contribution in [1.29, 1.82) is 0 Å². The lowest BCUT2D eigenvalue weighted by Crippen LogP contribution is -2.28. The molecule has 1 saturated heterocycles. The van der Waals surface area contributed by atoms with Crippen LogP contribution in [0.15, 0.2) is 45.8 Å². The maximum Gasteiger partial charge on any atom is 0.294 e. The van der Waals surface area contributed by atoms with Gasteiger partial charge in [0.25, 0.3) is 11.1 Å². The molecule has 0 aromatic heterocycles. The molecule has 1 fully saturated rings. The predicted molar refractivity (Wildman–Crippen MR) is 122 cm³/mol. The summed E-state index contributed by atoms with van der Waals surface area (Å²) in [7, 11) is 0. The van der Waals surface area contributed by atoms with E-state index in [1.54, 1.807) is 12.1 Å². The van der Waals surface area contributed by atoms with Gasteiger partial charge >= 0.3 is 0 Å².